The number of nitrogens with one attached hydrogen (secondary N) is 1. The summed E-state index contributed by atoms with van der Waals surface area (Å²) in [7, 11) is 0. The van der Waals surface area contributed by atoms with Gasteiger partial charge >= 0.3 is 0 Å². The van der Waals surface area contributed by atoms with Crippen molar-refractivity contribution in [3.8, 4) is 0 Å². The molecule has 3 N–H and O–H groups in total. The highest BCUT2D eigenvalue weighted by atomic mass is 79.9. The van der Waals surface area contributed by atoms with Crippen LogP contribution in [0.25, 0.3) is 0 Å². The van der Waals surface area contributed by atoms with E-state index in [0.29, 0.717) is 16.2 Å². The minimum Gasteiger partial charge on any atom is -0.397 e. The third-order valence-electron chi connectivity index (χ3n) is 3.15. The van der Waals surface area contributed by atoms with Crippen LogP contribution in [0.1, 0.15) is 26.7 Å². The van der Waals surface area contributed by atoms with Crippen molar-refractivity contribution in [2.24, 2.45) is 0 Å². The van der Waals surface area contributed by atoms with Gasteiger partial charge in [0, 0.05) is 18.7 Å². The topological polar surface area (TPSA) is 47.3 Å². The van der Waals surface area contributed by atoms with Crippen LogP contribution in [-0.4, -0.2) is 18.2 Å². The summed E-state index contributed by atoms with van der Waals surface area (Å²) in [5, 5.41) is 3.37. The van der Waals surface area contributed by atoms with Gasteiger partial charge < -0.3 is 15.8 Å². The first kappa shape index (κ1) is 13.6. The zero-order valence-corrected chi connectivity index (χ0v) is 12.2. The van der Waals surface area contributed by atoms with Crippen LogP contribution in [0.3, 0.4) is 0 Å². The second-order valence-corrected chi connectivity index (χ2v) is 6.15. The maximum Gasteiger partial charge on any atom is 0.139 e. The summed E-state index contributed by atoms with van der Waals surface area (Å²) in [4.78, 5) is 0. The van der Waals surface area contributed by atoms with E-state index in [1.54, 1.807) is 6.07 Å². The van der Waals surface area contributed by atoms with Gasteiger partial charge in [0.2, 0.25) is 0 Å². The van der Waals surface area contributed by atoms with Crippen LogP contribution in [-0.2, 0) is 4.74 Å². The summed E-state index contributed by atoms with van der Waals surface area (Å²) in [5.74, 6) is -0.342. The highest BCUT2D eigenvalue weighted by Gasteiger charge is 2.29. The van der Waals surface area contributed by atoms with E-state index in [-0.39, 0.29) is 11.4 Å². The summed E-state index contributed by atoms with van der Waals surface area (Å²) in [6.45, 7) is 4.88. The molecule has 1 aromatic carbocycles. The number of halogens is 2. The van der Waals surface area contributed by atoms with Gasteiger partial charge in [0.1, 0.15) is 5.82 Å². The van der Waals surface area contributed by atoms with Crippen LogP contribution in [0.15, 0.2) is 16.6 Å². The number of rotatable bonds is 2. The van der Waals surface area contributed by atoms with Gasteiger partial charge in [-0.1, -0.05) is 0 Å². The lowest BCUT2D eigenvalue weighted by Gasteiger charge is -2.36. The molecule has 0 bridgehead atoms. The largest absolute Gasteiger partial charge is 0.397 e. The smallest absolute Gasteiger partial charge is 0.139 e. The molecule has 100 valence electrons. The Bertz CT molecular complexity index is 451. The number of nitrogens with two attached hydrogens (primary N) is 1. The van der Waals surface area contributed by atoms with Crippen LogP contribution in [0, 0.1) is 5.82 Å². The standard InChI is InChI=1S/C13H18BrFN2O/c1-13(2)7-8(3-4-18-13)17-12-5-9(14)10(15)6-11(12)16/h5-6,8,17H,3-4,7,16H2,1-2H3. The first-order valence-corrected chi connectivity index (χ1v) is 6.82. The van der Waals surface area contributed by atoms with Crippen molar-refractivity contribution in [2.75, 3.05) is 17.7 Å². The number of hydrogen-bond acceptors (Lipinski definition) is 3. The van der Waals surface area contributed by atoms with E-state index >= 15 is 0 Å². The molecule has 0 saturated carbocycles. The molecule has 1 aromatic rings. The lowest BCUT2D eigenvalue weighted by atomic mass is 9.94. The molecule has 0 spiro atoms. The molecular formula is C13H18BrFN2O. The highest BCUT2D eigenvalue weighted by molar-refractivity contribution is 9.10. The third-order valence-corrected chi connectivity index (χ3v) is 3.76. The fourth-order valence-electron chi connectivity index (χ4n) is 2.26. The van der Waals surface area contributed by atoms with Crippen molar-refractivity contribution < 1.29 is 9.13 Å². The molecular weight excluding hydrogens is 299 g/mol. The van der Waals surface area contributed by atoms with E-state index in [1.807, 2.05) is 0 Å². The maximum atomic E-state index is 13.3. The Morgan fingerprint density at radius 3 is 2.89 bits per heavy atom. The average molecular weight is 317 g/mol. The van der Waals surface area contributed by atoms with Gasteiger partial charge in [-0.25, -0.2) is 4.39 Å². The molecule has 0 aromatic heterocycles. The summed E-state index contributed by atoms with van der Waals surface area (Å²) in [6.07, 6.45) is 1.83. The monoisotopic (exact) mass is 316 g/mol. The number of nitrogen functional groups attached to an aromatic ring is 1. The molecule has 1 atom stereocenters. The molecule has 1 heterocycles. The second-order valence-electron chi connectivity index (χ2n) is 5.30. The SMILES string of the molecule is CC1(C)CC(Nc2cc(Br)c(F)cc2N)CCO1. The number of anilines is 2. The fraction of sp³-hybridized carbons (Fsp3) is 0.538. The normalized spacial score (nSPS) is 22.8. The molecule has 2 rings (SSSR count). The molecule has 0 aliphatic carbocycles. The van der Waals surface area contributed by atoms with E-state index in [9.17, 15) is 4.39 Å². The first-order chi connectivity index (χ1) is 8.37. The van der Waals surface area contributed by atoms with Crippen molar-refractivity contribution in [2.45, 2.75) is 38.3 Å². The lowest BCUT2D eigenvalue weighted by Crippen LogP contribution is -2.40. The quantitative estimate of drug-likeness (QED) is 0.820. The van der Waals surface area contributed by atoms with E-state index in [4.69, 9.17) is 10.5 Å². The van der Waals surface area contributed by atoms with Gasteiger partial charge in [0.15, 0.2) is 0 Å². The van der Waals surface area contributed by atoms with Gasteiger partial charge in [-0.15, -0.1) is 0 Å². The van der Waals surface area contributed by atoms with Crippen molar-refractivity contribution in [3.63, 3.8) is 0 Å². The van der Waals surface area contributed by atoms with Crippen LogP contribution >= 0.6 is 15.9 Å². The predicted molar refractivity (Wildman–Crippen MR) is 75.2 cm³/mol. The molecule has 1 saturated heterocycles. The molecule has 0 amide bonds. The molecule has 1 aliphatic rings. The van der Waals surface area contributed by atoms with Crippen LogP contribution in [0.2, 0.25) is 0 Å². The Kier molecular flexibility index (Phi) is 3.82. The Morgan fingerprint density at radius 2 is 2.22 bits per heavy atom. The lowest BCUT2D eigenvalue weighted by molar-refractivity contribution is -0.0553. The van der Waals surface area contributed by atoms with E-state index in [0.717, 1.165) is 25.1 Å². The zero-order valence-electron chi connectivity index (χ0n) is 10.6. The number of ether oxygens (including phenoxy) is 1. The van der Waals surface area contributed by atoms with Gasteiger partial charge in [0.25, 0.3) is 0 Å². The average Bonchev–Trinajstić information content (AvgIpc) is 2.24. The molecule has 1 unspecified atom stereocenters. The van der Waals surface area contributed by atoms with Crippen molar-refractivity contribution in [1.82, 2.24) is 0 Å². The maximum absolute atomic E-state index is 13.3. The number of hydrogen-bond donors (Lipinski definition) is 2. The fourth-order valence-corrected chi connectivity index (χ4v) is 2.61. The van der Waals surface area contributed by atoms with E-state index < -0.39 is 0 Å². The molecule has 3 nitrogen and oxygen atoms in total. The van der Waals surface area contributed by atoms with Crippen molar-refractivity contribution >= 4 is 27.3 Å². The van der Waals surface area contributed by atoms with Gasteiger partial charge in [-0.05, 0) is 48.7 Å². The molecule has 0 radical (unpaired) electrons. The van der Waals surface area contributed by atoms with E-state index in [2.05, 4.69) is 35.1 Å². The first-order valence-electron chi connectivity index (χ1n) is 6.02. The summed E-state index contributed by atoms with van der Waals surface area (Å²) in [6, 6.07) is 3.32. The zero-order chi connectivity index (χ0) is 13.3. The van der Waals surface area contributed by atoms with Gasteiger partial charge in [-0.2, -0.15) is 0 Å². The summed E-state index contributed by atoms with van der Waals surface area (Å²) >= 11 is 3.17. The highest BCUT2D eigenvalue weighted by Crippen LogP contribution is 2.31. The second kappa shape index (κ2) is 5.05. The Balaban J connectivity index is 2.12. The summed E-state index contributed by atoms with van der Waals surface area (Å²) < 4.78 is 19.4. The van der Waals surface area contributed by atoms with Crippen LogP contribution in [0.4, 0.5) is 15.8 Å². The molecule has 1 fully saturated rings. The molecule has 1 aliphatic heterocycles. The van der Waals surface area contributed by atoms with Crippen molar-refractivity contribution in [1.29, 1.82) is 0 Å². The number of benzene rings is 1. The van der Waals surface area contributed by atoms with Crippen molar-refractivity contribution in [3.05, 3.63) is 22.4 Å². The molecule has 18 heavy (non-hydrogen) atoms. The Morgan fingerprint density at radius 1 is 1.50 bits per heavy atom. The van der Waals surface area contributed by atoms with E-state index in [1.165, 1.54) is 6.07 Å². The summed E-state index contributed by atoms with van der Waals surface area (Å²) in [5.41, 5.74) is 6.90. The Hall–Kier alpha value is -0.810. The van der Waals surface area contributed by atoms with Gasteiger partial charge in [-0.3, -0.25) is 0 Å². The third kappa shape index (κ3) is 3.14. The predicted octanol–water partition coefficient (Wildman–Crippen LogP) is 3.54. The van der Waals surface area contributed by atoms with Gasteiger partial charge in [0.05, 0.1) is 21.4 Å². The van der Waals surface area contributed by atoms with Crippen LogP contribution in [0.5, 0.6) is 0 Å². The van der Waals surface area contributed by atoms with Crippen LogP contribution < -0.4 is 11.1 Å². The minimum absolute atomic E-state index is 0.123. The molecule has 5 heteroatoms. The minimum atomic E-state index is -0.342. The Labute approximate surface area is 115 Å².